The van der Waals surface area contributed by atoms with Crippen LogP contribution in [0.5, 0.6) is 0 Å². The van der Waals surface area contributed by atoms with E-state index in [0.29, 0.717) is 25.8 Å². The minimum atomic E-state index is -2.96. The van der Waals surface area contributed by atoms with E-state index >= 15 is 0 Å². The van der Waals surface area contributed by atoms with Gasteiger partial charge in [0.2, 0.25) is 0 Å². The maximum atomic E-state index is 12.2. The molecule has 0 fully saturated rings. The zero-order chi connectivity index (χ0) is 12.3. The lowest BCUT2D eigenvalue weighted by molar-refractivity contribution is 0.196. The maximum absolute atomic E-state index is 12.2. The number of hydrogen-bond acceptors (Lipinski definition) is 4. The lowest BCUT2D eigenvalue weighted by Crippen LogP contribution is -2.04. The summed E-state index contributed by atoms with van der Waals surface area (Å²) >= 11 is 0. The van der Waals surface area contributed by atoms with Gasteiger partial charge in [0.05, 0.1) is 19.4 Å². The first-order valence-corrected chi connectivity index (χ1v) is 7.90. The van der Waals surface area contributed by atoms with Gasteiger partial charge in [-0.3, -0.25) is 4.57 Å². The van der Waals surface area contributed by atoms with Crippen LogP contribution in [0.4, 0.5) is 0 Å². The Labute approximate surface area is 98.9 Å². The summed E-state index contributed by atoms with van der Waals surface area (Å²) in [7, 11) is -2.96. The highest BCUT2D eigenvalue weighted by molar-refractivity contribution is 7.53. The zero-order valence-corrected chi connectivity index (χ0v) is 11.4. The Morgan fingerprint density at radius 3 is 1.88 bits per heavy atom. The predicted molar refractivity (Wildman–Crippen MR) is 65.9 cm³/mol. The molecule has 0 bridgehead atoms. The molecule has 5 heteroatoms. The second-order valence-electron chi connectivity index (χ2n) is 3.79. The van der Waals surface area contributed by atoms with E-state index in [1.54, 1.807) is 0 Å². The SMILES string of the molecule is CCCCOP(=O)(CCCO)OCCCC. The molecule has 0 aromatic carbocycles. The molecule has 0 rings (SSSR count). The van der Waals surface area contributed by atoms with Crippen molar-refractivity contribution in [1.29, 1.82) is 0 Å². The lowest BCUT2D eigenvalue weighted by Gasteiger charge is -2.18. The first-order valence-electron chi connectivity index (χ1n) is 6.17. The van der Waals surface area contributed by atoms with E-state index in [0.717, 1.165) is 25.7 Å². The molecular weight excluding hydrogens is 227 g/mol. The molecule has 0 saturated heterocycles. The van der Waals surface area contributed by atoms with Crippen LogP contribution >= 0.6 is 7.60 Å². The van der Waals surface area contributed by atoms with Crippen molar-refractivity contribution in [3.8, 4) is 0 Å². The van der Waals surface area contributed by atoms with Crippen molar-refractivity contribution in [2.45, 2.75) is 46.0 Å². The minimum absolute atomic E-state index is 0.0261. The molecule has 0 heterocycles. The van der Waals surface area contributed by atoms with Crippen LogP contribution in [0.2, 0.25) is 0 Å². The number of rotatable bonds is 11. The molecule has 16 heavy (non-hydrogen) atoms. The van der Waals surface area contributed by atoms with E-state index in [1.165, 1.54) is 0 Å². The Bertz CT molecular complexity index is 182. The summed E-state index contributed by atoms with van der Waals surface area (Å²) in [6, 6.07) is 0. The molecule has 0 spiro atoms. The van der Waals surface area contributed by atoms with E-state index < -0.39 is 7.60 Å². The van der Waals surface area contributed by atoms with Gasteiger partial charge in [-0.15, -0.1) is 0 Å². The fourth-order valence-corrected chi connectivity index (χ4v) is 2.80. The van der Waals surface area contributed by atoms with Crippen LogP contribution in [0, 0.1) is 0 Å². The average molecular weight is 252 g/mol. The Kier molecular flexibility index (Phi) is 10.3. The van der Waals surface area contributed by atoms with Crippen LogP contribution in [0.15, 0.2) is 0 Å². The number of aliphatic hydroxyl groups excluding tert-OH is 1. The van der Waals surface area contributed by atoms with Crippen LogP contribution in [0.3, 0.4) is 0 Å². The van der Waals surface area contributed by atoms with Gasteiger partial charge in [0, 0.05) is 6.61 Å². The van der Waals surface area contributed by atoms with E-state index in [2.05, 4.69) is 13.8 Å². The highest BCUT2D eigenvalue weighted by atomic mass is 31.2. The second kappa shape index (κ2) is 10.3. The monoisotopic (exact) mass is 252 g/mol. The normalized spacial score (nSPS) is 11.9. The van der Waals surface area contributed by atoms with Crippen LogP contribution in [0.1, 0.15) is 46.0 Å². The van der Waals surface area contributed by atoms with Gasteiger partial charge in [0.1, 0.15) is 0 Å². The van der Waals surface area contributed by atoms with Gasteiger partial charge in [-0.25, -0.2) is 0 Å². The first kappa shape index (κ1) is 16.1. The molecule has 1 N–H and O–H groups in total. The number of unbranched alkanes of at least 4 members (excludes halogenated alkanes) is 2. The van der Waals surface area contributed by atoms with Gasteiger partial charge in [-0.2, -0.15) is 0 Å². The number of aliphatic hydroxyl groups is 1. The standard InChI is InChI=1S/C11H25O4P/c1-3-5-9-14-16(13,11-7-8-12)15-10-6-4-2/h12H,3-11H2,1-2H3. The van der Waals surface area contributed by atoms with Gasteiger partial charge in [-0.1, -0.05) is 26.7 Å². The van der Waals surface area contributed by atoms with Crippen molar-refractivity contribution in [2.24, 2.45) is 0 Å². The third-order valence-corrected chi connectivity index (χ3v) is 4.18. The highest BCUT2D eigenvalue weighted by Gasteiger charge is 2.23. The fraction of sp³-hybridized carbons (Fsp3) is 1.00. The van der Waals surface area contributed by atoms with Gasteiger partial charge in [0.25, 0.3) is 0 Å². The summed E-state index contributed by atoms with van der Waals surface area (Å²) in [5.41, 5.74) is 0. The quantitative estimate of drug-likeness (QED) is 0.453. The molecule has 0 unspecified atom stereocenters. The van der Waals surface area contributed by atoms with Crippen LogP contribution in [-0.4, -0.2) is 31.1 Å². The molecule has 0 aromatic heterocycles. The molecular formula is C11H25O4P. The Morgan fingerprint density at radius 1 is 1.00 bits per heavy atom. The largest absolute Gasteiger partial charge is 0.396 e. The van der Waals surface area contributed by atoms with Crippen molar-refractivity contribution >= 4 is 7.60 Å². The summed E-state index contributed by atoms with van der Waals surface area (Å²) in [6.07, 6.45) is 4.58. The smallest absolute Gasteiger partial charge is 0.330 e. The first-order chi connectivity index (χ1) is 7.68. The van der Waals surface area contributed by atoms with Crippen molar-refractivity contribution in [1.82, 2.24) is 0 Å². The minimum Gasteiger partial charge on any atom is -0.396 e. The topological polar surface area (TPSA) is 55.8 Å². The molecule has 98 valence electrons. The molecule has 0 atom stereocenters. The van der Waals surface area contributed by atoms with E-state index in [-0.39, 0.29) is 6.61 Å². The van der Waals surface area contributed by atoms with Crippen LogP contribution < -0.4 is 0 Å². The number of hydrogen-bond donors (Lipinski definition) is 1. The van der Waals surface area contributed by atoms with Crippen molar-refractivity contribution in [2.75, 3.05) is 26.0 Å². The van der Waals surface area contributed by atoms with Gasteiger partial charge >= 0.3 is 7.60 Å². The van der Waals surface area contributed by atoms with E-state index in [9.17, 15) is 4.57 Å². The molecule has 0 aliphatic heterocycles. The van der Waals surface area contributed by atoms with Gasteiger partial charge < -0.3 is 14.2 Å². The van der Waals surface area contributed by atoms with Crippen LogP contribution in [-0.2, 0) is 13.6 Å². The van der Waals surface area contributed by atoms with E-state index in [1.807, 2.05) is 0 Å². The molecule has 0 aliphatic rings. The maximum Gasteiger partial charge on any atom is 0.330 e. The molecule has 0 amide bonds. The Morgan fingerprint density at radius 2 is 1.50 bits per heavy atom. The molecule has 4 nitrogen and oxygen atoms in total. The van der Waals surface area contributed by atoms with Crippen LogP contribution in [0.25, 0.3) is 0 Å². The summed E-state index contributed by atoms with van der Waals surface area (Å²) in [4.78, 5) is 0. The predicted octanol–water partition coefficient (Wildman–Crippen LogP) is 3.20. The Hall–Kier alpha value is 0.110. The Balaban J connectivity index is 3.97. The fourth-order valence-electron chi connectivity index (χ4n) is 1.13. The molecule has 0 aliphatic carbocycles. The molecule has 0 radical (unpaired) electrons. The van der Waals surface area contributed by atoms with E-state index in [4.69, 9.17) is 14.2 Å². The summed E-state index contributed by atoms with van der Waals surface area (Å²) < 4.78 is 22.8. The van der Waals surface area contributed by atoms with Crippen molar-refractivity contribution < 1.29 is 18.7 Å². The van der Waals surface area contributed by atoms with Crippen molar-refractivity contribution in [3.05, 3.63) is 0 Å². The van der Waals surface area contributed by atoms with Gasteiger partial charge in [0.15, 0.2) is 0 Å². The highest BCUT2D eigenvalue weighted by Crippen LogP contribution is 2.48. The third kappa shape index (κ3) is 8.28. The van der Waals surface area contributed by atoms with Crippen molar-refractivity contribution in [3.63, 3.8) is 0 Å². The molecule has 0 aromatic rings. The molecule has 0 saturated carbocycles. The lowest BCUT2D eigenvalue weighted by atomic mass is 10.4. The summed E-state index contributed by atoms with van der Waals surface area (Å²) in [5, 5.41) is 8.74. The summed E-state index contributed by atoms with van der Waals surface area (Å²) in [5.74, 6) is 0. The zero-order valence-electron chi connectivity index (χ0n) is 10.5. The summed E-state index contributed by atoms with van der Waals surface area (Å²) in [6.45, 7) is 5.09. The average Bonchev–Trinajstić information content (AvgIpc) is 2.27. The van der Waals surface area contributed by atoms with Gasteiger partial charge in [-0.05, 0) is 19.3 Å². The third-order valence-electron chi connectivity index (χ3n) is 2.16. The second-order valence-corrected chi connectivity index (χ2v) is 5.97.